The van der Waals surface area contributed by atoms with E-state index in [-0.39, 0.29) is 6.61 Å². The van der Waals surface area contributed by atoms with Gasteiger partial charge in [-0.05, 0) is 38.5 Å². The summed E-state index contributed by atoms with van der Waals surface area (Å²) in [7, 11) is 0. The van der Waals surface area contributed by atoms with Crippen LogP contribution in [0.3, 0.4) is 0 Å². The first-order valence-corrected chi connectivity index (χ1v) is 9.21. The molecule has 2 aromatic carbocycles. The van der Waals surface area contributed by atoms with Gasteiger partial charge in [0, 0.05) is 6.07 Å². The number of anilines is 1. The lowest BCUT2D eigenvalue weighted by Crippen LogP contribution is -2.41. The summed E-state index contributed by atoms with van der Waals surface area (Å²) in [5.41, 5.74) is 1.34. The van der Waals surface area contributed by atoms with Crippen molar-refractivity contribution in [2.75, 3.05) is 18.5 Å². The Morgan fingerprint density at radius 3 is 2.39 bits per heavy atom. The predicted octanol–water partition coefficient (Wildman–Crippen LogP) is 3.74. The van der Waals surface area contributed by atoms with E-state index in [0.29, 0.717) is 30.4 Å². The highest BCUT2D eigenvalue weighted by atomic mass is 16.5. The number of ether oxygens (including phenoxy) is 3. The van der Waals surface area contributed by atoms with E-state index in [1.807, 2.05) is 44.2 Å². The molecule has 0 aromatic heterocycles. The Bertz CT molecular complexity index is 780. The first-order chi connectivity index (χ1) is 13.5. The highest BCUT2D eigenvalue weighted by Gasteiger charge is 2.18. The molecule has 150 valence electrons. The van der Waals surface area contributed by atoms with Crippen LogP contribution >= 0.6 is 0 Å². The largest absolute Gasteiger partial charge is 0.494 e. The molecule has 7 nitrogen and oxygen atoms in total. The monoisotopic (exact) mass is 386 g/mol. The van der Waals surface area contributed by atoms with Crippen LogP contribution in [0.4, 0.5) is 10.5 Å². The van der Waals surface area contributed by atoms with Crippen molar-refractivity contribution in [3.63, 3.8) is 0 Å². The van der Waals surface area contributed by atoms with E-state index >= 15 is 0 Å². The molecule has 7 heteroatoms. The molecule has 2 aromatic rings. The molecular weight excluding hydrogens is 360 g/mol. The van der Waals surface area contributed by atoms with Gasteiger partial charge in [-0.25, -0.2) is 4.79 Å². The SMILES string of the molecule is CCOc1ccc(OCC)c(NC(=O)C(C)NC(=O)OCc2ccccc2)c1. The maximum absolute atomic E-state index is 12.5. The van der Waals surface area contributed by atoms with E-state index in [9.17, 15) is 9.59 Å². The Balaban J connectivity index is 1.93. The number of rotatable bonds is 9. The molecule has 0 spiro atoms. The number of carbonyl (C=O) groups excluding carboxylic acids is 2. The molecule has 0 radical (unpaired) electrons. The average Bonchev–Trinajstić information content (AvgIpc) is 2.69. The fourth-order valence-corrected chi connectivity index (χ4v) is 2.39. The lowest BCUT2D eigenvalue weighted by Gasteiger charge is -2.17. The minimum absolute atomic E-state index is 0.131. The van der Waals surface area contributed by atoms with Gasteiger partial charge in [0.25, 0.3) is 0 Å². The van der Waals surface area contributed by atoms with Gasteiger partial charge in [0.2, 0.25) is 5.91 Å². The highest BCUT2D eigenvalue weighted by Crippen LogP contribution is 2.29. The van der Waals surface area contributed by atoms with Crippen molar-refractivity contribution in [2.24, 2.45) is 0 Å². The van der Waals surface area contributed by atoms with E-state index in [2.05, 4.69) is 10.6 Å². The maximum atomic E-state index is 12.5. The van der Waals surface area contributed by atoms with Crippen molar-refractivity contribution < 1.29 is 23.8 Å². The summed E-state index contributed by atoms with van der Waals surface area (Å²) in [5, 5.41) is 5.27. The van der Waals surface area contributed by atoms with E-state index in [1.165, 1.54) is 0 Å². The molecule has 1 atom stereocenters. The minimum atomic E-state index is -0.798. The lowest BCUT2D eigenvalue weighted by atomic mass is 10.2. The molecule has 0 aliphatic heterocycles. The van der Waals surface area contributed by atoms with Gasteiger partial charge in [-0.15, -0.1) is 0 Å². The molecule has 28 heavy (non-hydrogen) atoms. The van der Waals surface area contributed by atoms with Gasteiger partial charge in [0.15, 0.2) is 0 Å². The molecule has 0 saturated carbocycles. The number of carbonyl (C=O) groups is 2. The molecule has 0 aliphatic rings. The van der Waals surface area contributed by atoms with Crippen LogP contribution in [0.25, 0.3) is 0 Å². The molecule has 0 heterocycles. The van der Waals surface area contributed by atoms with Gasteiger partial charge in [-0.1, -0.05) is 30.3 Å². The molecule has 2 N–H and O–H groups in total. The normalized spacial score (nSPS) is 11.2. The Labute approximate surface area is 165 Å². The minimum Gasteiger partial charge on any atom is -0.494 e. The van der Waals surface area contributed by atoms with E-state index < -0.39 is 18.0 Å². The fraction of sp³-hybridized carbons (Fsp3) is 0.333. The van der Waals surface area contributed by atoms with Crippen LogP contribution in [0.2, 0.25) is 0 Å². The molecule has 2 amide bonds. The summed E-state index contributed by atoms with van der Waals surface area (Å²) < 4.78 is 16.1. The number of hydrogen-bond donors (Lipinski definition) is 2. The lowest BCUT2D eigenvalue weighted by molar-refractivity contribution is -0.117. The van der Waals surface area contributed by atoms with Crippen LogP contribution in [-0.4, -0.2) is 31.3 Å². The van der Waals surface area contributed by atoms with Crippen LogP contribution in [0.5, 0.6) is 11.5 Å². The maximum Gasteiger partial charge on any atom is 0.408 e. The van der Waals surface area contributed by atoms with Crippen LogP contribution < -0.4 is 20.1 Å². The van der Waals surface area contributed by atoms with Crippen LogP contribution in [-0.2, 0) is 16.1 Å². The van der Waals surface area contributed by atoms with Crippen molar-refractivity contribution in [3.05, 3.63) is 54.1 Å². The summed E-state index contributed by atoms with van der Waals surface area (Å²) in [6.07, 6.45) is -0.667. The number of hydrogen-bond acceptors (Lipinski definition) is 5. The first-order valence-electron chi connectivity index (χ1n) is 9.21. The number of benzene rings is 2. The molecule has 2 rings (SSSR count). The van der Waals surface area contributed by atoms with Crippen molar-refractivity contribution in [3.8, 4) is 11.5 Å². The fourth-order valence-electron chi connectivity index (χ4n) is 2.39. The number of alkyl carbamates (subject to hydrolysis) is 1. The van der Waals surface area contributed by atoms with Crippen LogP contribution in [0, 0.1) is 0 Å². The zero-order chi connectivity index (χ0) is 20.4. The molecule has 0 bridgehead atoms. The highest BCUT2D eigenvalue weighted by molar-refractivity contribution is 5.97. The first kappa shape index (κ1) is 21.1. The molecule has 0 aliphatic carbocycles. The van der Waals surface area contributed by atoms with Crippen LogP contribution in [0.15, 0.2) is 48.5 Å². The zero-order valence-electron chi connectivity index (χ0n) is 16.4. The summed E-state index contributed by atoms with van der Waals surface area (Å²) in [4.78, 5) is 24.4. The quantitative estimate of drug-likeness (QED) is 0.686. The van der Waals surface area contributed by atoms with Crippen molar-refractivity contribution in [1.82, 2.24) is 5.32 Å². The smallest absolute Gasteiger partial charge is 0.408 e. The second-order valence-electron chi connectivity index (χ2n) is 5.94. The second kappa shape index (κ2) is 10.8. The molecule has 0 saturated heterocycles. The third-order valence-electron chi connectivity index (χ3n) is 3.76. The summed E-state index contributed by atoms with van der Waals surface area (Å²) in [5.74, 6) is 0.744. The van der Waals surface area contributed by atoms with Gasteiger partial charge < -0.3 is 24.8 Å². The third kappa shape index (κ3) is 6.50. The average molecular weight is 386 g/mol. The van der Waals surface area contributed by atoms with E-state index in [1.54, 1.807) is 25.1 Å². The third-order valence-corrected chi connectivity index (χ3v) is 3.76. The van der Waals surface area contributed by atoms with Crippen molar-refractivity contribution in [1.29, 1.82) is 0 Å². The standard InChI is InChI=1S/C21H26N2O5/c1-4-26-17-11-12-19(27-5-2)18(13-17)23-20(24)15(3)22-21(25)28-14-16-9-7-6-8-10-16/h6-13,15H,4-5,14H2,1-3H3,(H,22,25)(H,23,24). The van der Waals surface area contributed by atoms with Crippen molar-refractivity contribution in [2.45, 2.75) is 33.4 Å². The molecule has 0 fully saturated rings. The van der Waals surface area contributed by atoms with Gasteiger partial charge in [-0.2, -0.15) is 0 Å². The second-order valence-corrected chi connectivity index (χ2v) is 5.94. The Hall–Kier alpha value is -3.22. The molecular formula is C21H26N2O5. The van der Waals surface area contributed by atoms with E-state index in [4.69, 9.17) is 14.2 Å². The summed E-state index contributed by atoms with van der Waals surface area (Å²) >= 11 is 0. The number of nitrogens with one attached hydrogen (secondary N) is 2. The summed E-state index contributed by atoms with van der Waals surface area (Å²) in [6.45, 7) is 6.40. The van der Waals surface area contributed by atoms with Crippen molar-refractivity contribution >= 4 is 17.7 Å². The summed E-state index contributed by atoms with van der Waals surface area (Å²) in [6, 6.07) is 13.7. The van der Waals surface area contributed by atoms with Gasteiger partial charge >= 0.3 is 6.09 Å². The zero-order valence-corrected chi connectivity index (χ0v) is 16.4. The van der Waals surface area contributed by atoms with Crippen LogP contribution in [0.1, 0.15) is 26.3 Å². The molecule has 1 unspecified atom stereocenters. The topological polar surface area (TPSA) is 85.9 Å². The van der Waals surface area contributed by atoms with Gasteiger partial charge in [0.05, 0.1) is 18.9 Å². The Morgan fingerprint density at radius 2 is 1.71 bits per heavy atom. The van der Waals surface area contributed by atoms with E-state index in [0.717, 1.165) is 5.56 Å². The predicted molar refractivity (Wildman–Crippen MR) is 107 cm³/mol. The Kier molecular flexibility index (Phi) is 8.14. The Morgan fingerprint density at radius 1 is 1.00 bits per heavy atom. The van der Waals surface area contributed by atoms with Gasteiger partial charge in [-0.3, -0.25) is 4.79 Å². The number of amides is 2. The van der Waals surface area contributed by atoms with Gasteiger partial charge in [0.1, 0.15) is 24.1 Å².